The summed E-state index contributed by atoms with van der Waals surface area (Å²) in [6, 6.07) is 2.04. The Morgan fingerprint density at radius 2 is 2.31 bits per heavy atom. The maximum atomic E-state index is 11.0. The van der Waals surface area contributed by atoms with Gasteiger partial charge in [0.05, 0.1) is 18.2 Å². The molecule has 0 spiro atoms. The number of aromatic nitrogens is 1. The summed E-state index contributed by atoms with van der Waals surface area (Å²) in [5.74, 6) is -0.851. The molecule has 1 N–H and O–H groups in total. The molecule has 0 aromatic carbocycles. The number of hydrogen-bond donors (Lipinski definition) is 1. The predicted molar refractivity (Wildman–Crippen MR) is 60.0 cm³/mol. The molecule has 0 saturated carbocycles. The summed E-state index contributed by atoms with van der Waals surface area (Å²) in [5, 5.41) is 9.06. The Bertz CT molecular complexity index is 403. The van der Waals surface area contributed by atoms with Gasteiger partial charge in [0.25, 0.3) is 0 Å². The molecule has 0 bridgehead atoms. The smallest absolute Gasteiger partial charge is 0.337 e. The molecule has 16 heavy (non-hydrogen) atoms. The normalized spacial score (nSPS) is 21.0. The van der Waals surface area contributed by atoms with Gasteiger partial charge >= 0.3 is 5.97 Å². The maximum Gasteiger partial charge on any atom is 0.337 e. The van der Waals surface area contributed by atoms with E-state index in [-0.39, 0.29) is 0 Å². The number of rotatable bonds is 2. The average molecular weight is 223 g/mol. The standard InChI is InChI=1S/C12H17NO3/c1-8-6-11(12(14)15)9(2)13(8)10-4-3-5-16-7-10/h6,10H,3-5,7H2,1-2H3,(H,14,15)/t10-/m0/s1. The second kappa shape index (κ2) is 4.29. The minimum absolute atomic E-state index is 0.293. The van der Waals surface area contributed by atoms with Crippen LogP contribution >= 0.6 is 0 Å². The van der Waals surface area contributed by atoms with Gasteiger partial charge in [-0.25, -0.2) is 4.79 Å². The summed E-state index contributed by atoms with van der Waals surface area (Å²) in [4.78, 5) is 11.0. The van der Waals surface area contributed by atoms with Gasteiger partial charge in [-0.3, -0.25) is 0 Å². The Balaban J connectivity index is 2.36. The van der Waals surface area contributed by atoms with Gasteiger partial charge in [0.15, 0.2) is 0 Å². The van der Waals surface area contributed by atoms with Crippen LogP contribution in [0.5, 0.6) is 0 Å². The highest BCUT2D eigenvalue weighted by molar-refractivity contribution is 5.89. The van der Waals surface area contributed by atoms with Crippen LogP contribution < -0.4 is 0 Å². The van der Waals surface area contributed by atoms with E-state index in [9.17, 15) is 4.79 Å². The van der Waals surface area contributed by atoms with Crippen LogP contribution in [0.3, 0.4) is 0 Å². The Kier molecular flexibility index (Phi) is 3.01. The number of carboxylic acids is 1. The second-order valence-electron chi connectivity index (χ2n) is 4.33. The van der Waals surface area contributed by atoms with E-state index in [4.69, 9.17) is 9.84 Å². The first kappa shape index (κ1) is 11.2. The fourth-order valence-corrected chi connectivity index (χ4v) is 2.48. The molecule has 1 aliphatic rings. The summed E-state index contributed by atoms with van der Waals surface area (Å²) in [7, 11) is 0. The van der Waals surface area contributed by atoms with Crippen molar-refractivity contribution in [2.75, 3.05) is 13.2 Å². The van der Waals surface area contributed by atoms with Crippen molar-refractivity contribution in [3.05, 3.63) is 23.0 Å². The summed E-state index contributed by atoms with van der Waals surface area (Å²) >= 11 is 0. The predicted octanol–water partition coefficient (Wildman–Crippen LogP) is 2.15. The fourth-order valence-electron chi connectivity index (χ4n) is 2.48. The molecule has 0 radical (unpaired) electrons. The molecule has 4 nitrogen and oxygen atoms in total. The third kappa shape index (κ3) is 1.85. The molecule has 1 saturated heterocycles. The van der Waals surface area contributed by atoms with Crippen molar-refractivity contribution < 1.29 is 14.6 Å². The number of carbonyl (C=O) groups is 1. The van der Waals surface area contributed by atoms with Gasteiger partial charge in [-0.05, 0) is 32.8 Å². The lowest BCUT2D eigenvalue weighted by molar-refractivity contribution is 0.0576. The van der Waals surface area contributed by atoms with Crippen molar-refractivity contribution in [1.29, 1.82) is 0 Å². The van der Waals surface area contributed by atoms with Crippen molar-refractivity contribution in [3.63, 3.8) is 0 Å². The van der Waals surface area contributed by atoms with E-state index in [2.05, 4.69) is 4.57 Å². The van der Waals surface area contributed by atoms with Crippen LogP contribution in [0.4, 0.5) is 0 Å². The monoisotopic (exact) mass is 223 g/mol. The highest BCUT2D eigenvalue weighted by Gasteiger charge is 2.22. The van der Waals surface area contributed by atoms with E-state index < -0.39 is 5.97 Å². The van der Waals surface area contributed by atoms with Gasteiger partial charge in [-0.1, -0.05) is 0 Å². The number of aryl methyl sites for hydroxylation is 1. The molecular weight excluding hydrogens is 206 g/mol. The van der Waals surface area contributed by atoms with Gasteiger partial charge in [0.2, 0.25) is 0 Å². The van der Waals surface area contributed by atoms with Crippen molar-refractivity contribution in [1.82, 2.24) is 4.57 Å². The Labute approximate surface area is 94.8 Å². The van der Waals surface area contributed by atoms with Gasteiger partial charge in [0, 0.05) is 18.0 Å². The van der Waals surface area contributed by atoms with Crippen LogP contribution in [0, 0.1) is 13.8 Å². The third-order valence-corrected chi connectivity index (χ3v) is 3.22. The summed E-state index contributed by atoms with van der Waals surface area (Å²) in [6.45, 7) is 5.33. The van der Waals surface area contributed by atoms with E-state index in [0.29, 0.717) is 18.2 Å². The van der Waals surface area contributed by atoms with Gasteiger partial charge in [-0.2, -0.15) is 0 Å². The highest BCUT2D eigenvalue weighted by Crippen LogP contribution is 2.26. The van der Waals surface area contributed by atoms with Crippen LogP contribution in [0.1, 0.15) is 40.6 Å². The van der Waals surface area contributed by atoms with E-state index >= 15 is 0 Å². The first-order chi connectivity index (χ1) is 7.61. The average Bonchev–Trinajstić information content (AvgIpc) is 2.56. The lowest BCUT2D eigenvalue weighted by Gasteiger charge is -2.26. The van der Waals surface area contributed by atoms with Gasteiger partial charge in [-0.15, -0.1) is 0 Å². The van der Waals surface area contributed by atoms with Crippen LogP contribution in [0.2, 0.25) is 0 Å². The first-order valence-corrected chi connectivity index (χ1v) is 5.60. The maximum absolute atomic E-state index is 11.0. The number of ether oxygens (including phenoxy) is 1. The minimum atomic E-state index is -0.851. The van der Waals surface area contributed by atoms with E-state index in [1.54, 1.807) is 6.07 Å². The summed E-state index contributed by atoms with van der Waals surface area (Å²) in [5.41, 5.74) is 2.24. The lowest BCUT2D eigenvalue weighted by atomic mass is 10.1. The minimum Gasteiger partial charge on any atom is -0.478 e. The molecular formula is C12H17NO3. The van der Waals surface area contributed by atoms with Crippen LogP contribution in [0.15, 0.2) is 6.07 Å². The van der Waals surface area contributed by atoms with Crippen LogP contribution in [0.25, 0.3) is 0 Å². The summed E-state index contributed by atoms with van der Waals surface area (Å²) in [6.07, 6.45) is 2.11. The molecule has 1 aromatic rings. The summed E-state index contributed by atoms with van der Waals surface area (Å²) < 4.78 is 7.55. The molecule has 0 aliphatic carbocycles. The Morgan fingerprint density at radius 3 is 2.81 bits per heavy atom. The van der Waals surface area contributed by atoms with E-state index in [0.717, 1.165) is 30.8 Å². The zero-order valence-electron chi connectivity index (χ0n) is 9.69. The van der Waals surface area contributed by atoms with Crippen molar-refractivity contribution in [2.45, 2.75) is 32.7 Å². The molecule has 0 unspecified atom stereocenters. The molecule has 2 heterocycles. The van der Waals surface area contributed by atoms with Crippen molar-refractivity contribution in [3.8, 4) is 0 Å². The van der Waals surface area contributed by atoms with Gasteiger partial charge in [0.1, 0.15) is 0 Å². The largest absolute Gasteiger partial charge is 0.478 e. The Hall–Kier alpha value is -1.29. The van der Waals surface area contributed by atoms with E-state index in [1.165, 1.54) is 0 Å². The molecule has 0 amide bonds. The van der Waals surface area contributed by atoms with Crippen LogP contribution in [-0.4, -0.2) is 28.9 Å². The molecule has 4 heteroatoms. The quantitative estimate of drug-likeness (QED) is 0.835. The first-order valence-electron chi connectivity index (χ1n) is 5.60. The number of nitrogens with zero attached hydrogens (tertiary/aromatic N) is 1. The molecule has 1 aromatic heterocycles. The fraction of sp³-hybridized carbons (Fsp3) is 0.583. The van der Waals surface area contributed by atoms with Crippen molar-refractivity contribution in [2.24, 2.45) is 0 Å². The second-order valence-corrected chi connectivity index (χ2v) is 4.33. The zero-order chi connectivity index (χ0) is 11.7. The Morgan fingerprint density at radius 1 is 1.56 bits per heavy atom. The molecule has 88 valence electrons. The SMILES string of the molecule is Cc1cc(C(=O)O)c(C)n1[C@H]1CCCOC1. The van der Waals surface area contributed by atoms with Crippen molar-refractivity contribution >= 4 is 5.97 Å². The molecule has 1 atom stereocenters. The van der Waals surface area contributed by atoms with Crippen LogP contribution in [-0.2, 0) is 4.74 Å². The zero-order valence-corrected chi connectivity index (χ0v) is 9.69. The highest BCUT2D eigenvalue weighted by atomic mass is 16.5. The number of carboxylic acid groups (broad SMARTS) is 1. The molecule has 2 rings (SSSR count). The lowest BCUT2D eigenvalue weighted by Crippen LogP contribution is -2.23. The van der Waals surface area contributed by atoms with Gasteiger partial charge < -0.3 is 14.4 Å². The molecule has 1 aliphatic heterocycles. The third-order valence-electron chi connectivity index (χ3n) is 3.22. The van der Waals surface area contributed by atoms with E-state index in [1.807, 2.05) is 13.8 Å². The number of hydrogen-bond acceptors (Lipinski definition) is 2. The number of aromatic carboxylic acids is 1. The molecule has 1 fully saturated rings. The topological polar surface area (TPSA) is 51.5 Å².